The van der Waals surface area contributed by atoms with Crippen molar-refractivity contribution < 1.29 is 4.79 Å². The van der Waals surface area contributed by atoms with Gasteiger partial charge >= 0.3 is 0 Å². The topological polar surface area (TPSA) is 46.3 Å². The monoisotopic (exact) mass is 282 g/mol. The molecule has 0 spiro atoms. The smallest absolute Gasteiger partial charge is 0.254 e. The highest BCUT2D eigenvalue weighted by molar-refractivity contribution is 5.95. The fraction of sp³-hybridized carbons (Fsp3) is 0.533. The van der Waals surface area contributed by atoms with Gasteiger partial charge in [0.1, 0.15) is 0 Å². The molecular weight excluding hydrogens is 260 g/mol. The third-order valence-electron chi connectivity index (χ3n) is 3.71. The molecule has 4 heteroatoms. The van der Waals surface area contributed by atoms with Crippen molar-refractivity contribution in [2.24, 2.45) is 5.92 Å². The summed E-state index contributed by atoms with van der Waals surface area (Å²) in [6.07, 6.45) is 3.45. The van der Waals surface area contributed by atoms with Crippen molar-refractivity contribution in [3.05, 3.63) is 29.8 Å². The maximum atomic E-state index is 12.5. The molecule has 0 aliphatic carbocycles. The lowest BCUT2D eigenvalue weighted by molar-refractivity contribution is 0.0543. The Morgan fingerprint density at radius 3 is 2.74 bits per heavy atom. The van der Waals surface area contributed by atoms with Crippen LogP contribution < -0.4 is 5.73 Å². The maximum Gasteiger partial charge on any atom is 0.254 e. The molecule has 2 N–H and O–H groups in total. The van der Waals surface area contributed by atoms with Crippen LogP contribution in [0.3, 0.4) is 0 Å². The molecule has 1 aliphatic heterocycles. The van der Waals surface area contributed by atoms with Crippen molar-refractivity contribution >= 4 is 24.0 Å². The highest BCUT2D eigenvalue weighted by atomic mass is 35.5. The van der Waals surface area contributed by atoms with Crippen molar-refractivity contribution in [3.63, 3.8) is 0 Å². The third-order valence-corrected chi connectivity index (χ3v) is 3.71. The number of benzene rings is 1. The van der Waals surface area contributed by atoms with Gasteiger partial charge in [-0.3, -0.25) is 4.79 Å². The quantitative estimate of drug-likeness (QED) is 0.846. The molecular formula is C15H23ClN2O. The average molecular weight is 283 g/mol. The summed E-state index contributed by atoms with van der Waals surface area (Å²) in [5.74, 6) is 0.635. The van der Waals surface area contributed by atoms with Gasteiger partial charge in [-0.05, 0) is 43.4 Å². The lowest BCUT2D eigenvalue weighted by Crippen LogP contribution is -2.46. The summed E-state index contributed by atoms with van der Waals surface area (Å²) in [5.41, 5.74) is 7.11. The zero-order chi connectivity index (χ0) is 13.1. The van der Waals surface area contributed by atoms with Crippen LogP contribution in [0.2, 0.25) is 0 Å². The van der Waals surface area contributed by atoms with Crippen LogP contribution in [0.5, 0.6) is 0 Å². The number of hydrogen-bond acceptors (Lipinski definition) is 2. The van der Waals surface area contributed by atoms with Gasteiger partial charge in [0.25, 0.3) is 5.91 Å². The normalized spacial score (nSPS) is 19.1. The molecule has 1 aliphatic rings. The minimum absolute atomic E-state index is 0. The Balaban J connectivity index is 0.00000180. The third kappa shape index (κ3) is 3.63. The number of nitrogen functional groups attached to an aromatic ring is 1. The number of anilines is 1. The number of nitrogens with two attached hydrogens (primary N) is 1. The Labute approximate surface area is 121 Å². The van der Waals surface area contributed by atoms with E-state index in [2.05, 4.69) is 13.8 Å². The Kier molecular flexibility index (Phi) is 5.67. The highest BCUT2D eigenvalue weighted by Crippen LogP contribution is 2.25. The van der Waals surface area contributed by atoms with E-state index in [0.29, 0.717) is 23.2 Å². The molecule has 1 unspecified atom stereocenters. The standard InChI is InChI=1S/C15H22N2O.ClH/c1-11(2)14-8-3-4-9-17(14)15(18)12-6-5-7-13(16)10-12;/h5-7,10-11,14H,3-4,8-9,16H2,1-2H3;1H. The summed E-state index contributed by atoms with van der Waals surface area (Å²) in [4.78, 5) is 14.6. The fourth-order valence-corrected chi connectivity index (χ4v) is 2.74. The maximum absolute atomic E-state index is 12.5. The minimum atomic E-state index is 0. The lowest BCUT2D eigenvalue weighted by Gasteiger charge is -2.38. The van der Waals surface area contributed by atoms with Crippen LogP contribution >= 0.6 is 12.4 Å². The first-order valence-corrected chi connectivity index (χ1v) is 6.76. The largest absolute Gasteiger partial charge is 0.399 e. The van der Waals surface area contributed by atoms with Gasteiger partial charge in [-0.15, -0.1) is 12.4 Å². The number of carbonyl (C=O) groups excluding carboxylic acids is 1. The van der Waals surface area contributed by atoms with E-state index in [-0.39, 0.29) is 18.3 Å². The number of likely N-dealkylation sites (tertiary alicyclic amines) is 1. The first-order valence-electron chi connectivity index (χ1n) is 6.76. The number of piperidine rings is 1. The van der Waals surface area contributed by atoms with E-state index < -0.39 is 0 Å². The predicted molar refractivity (Wildman–Crippen MR) is 81.6 cm³/mol. The molecule has 1 aromatic carbocycles. The van der Waals surface area contributed by atoms with Crippen LogP contribution in [0, 0.1) is 5.92 Å². The summed E-state index contributed by atoms with van der Waals surface area (Å²) in [6.45, 7) is 5.25. The van der Waals surface area contributed by atoms with Crippen molar-refractivity contribution in [2.75, 3.05) is 12.3 Å². The number of nitrogens with zero attached hydrogens (tertiary/aromatic N) is 1. The van der Waals surface area contributed by atoms with E-state index in [1.54, 1.807) is 6.07 Å². The minimum Gasteiger partial charge on any atom is -0.399 e. The number of halogens is 1. The predicted octanol–water partition coefficient (Wildman–Crippen LogP) is 3.34. The summed E-state index contributed by atoms with van der Waals surface area (Å²) in [5, 5.41) is 0. The molecule has 0 radical (unpaired) electrons. The lowest BCUT2D eigenvalue weighted by atomic mass is 9.92. The second kappa shape index (κ2) is 6.80. The zero-order valence-corrected chi connectivity index (χ0v) is 12.5. The molecule has 1 amide bonds. The van der Waals surface area contributed by atoms with Gasteiger partial charge in [-0.1, -0.05) is 19.9 Å². The van der Waals surface area contributed by atoms with E-state index in [1.807, 2.05) is 23.1 Å². The Hall–Kier alpha value is -1.22. The Bertz CT molecular complexity index is 434. The summed E-state index contributed by atoms with van der Waals surface area (Å²) in [6, 6.07) is 7.65. The number of amides is 1. The van der Waals surface area contributed by atoms with Crippen LogP contribution in [0.4, 0.5) is 5.69 Å². The molecule has 106 valence electrons. The van der Waals surface area contributed by atoms with Crippen LogP contribution in [0.15, 0.2) is 24.3 Å². The van der Waals surface area contributed by atoms with Crippen LogP contribution in [-0.4, -0.2) is 23.4 Å². The number of hydrogen-bond donors (Lipinski definition) is 1. The Morgan fingerprint density at radius 2 is 2.11 bits per heavy atom. The Morgan fingerprint density at radius 1 is 1.37 bits per heavy atom. The van der Waals surface area contributed by atoms with E-state index in [4.69, 9.17) is 5.73 Å². The molecule has 2 rings (SSSR count). The molecule has 1 fully saturated rings. The van der Waals surface area contributed by atoms with Gasteiger partial charge in [0.05, 0.1) is 0 Å². The van der Waals surface area contributed by atoms with E-state index in [0.717, 1.165) is 19.4 Å². The number of carbonyl (C=O) groups is 1. The molecule has 0 saturated carbocycles. The van der Waals surface area contributed by atoms with Crippen molar-refractivity contribution in [1.82, 2.24) is 4.90 Å². The van der Waals surface area contributed by atoms with Gasteiger partial charge < -0.3 is 10.6 Å². The van der Waals surface area contributed by atoms with Gasteiger partial charge in [0, 0.05) is 23.8 Å². The second-order valence-corrected chi connectivity index (χ2v) is 5.43. The SMILES string of the molecule is CC(C)C1CCCCN1C(=O)c1cccc(N)c1.Cl. The average Bonchev–Trinajstić information content (AvgIpc) is 2.38. The molecule has 0 bridgehead atoms. The summed E-state index contributed by atoms with van der Waals surface area (Å²) in [7, 11) is 0. The van der Waals surface area contributed by atoms with Crippen molar-refractivity contribution in [3.8, 4) is 0 Å². The van der Waals surface area contributed by atoms with E-state index in [9.17, 15) is 4.79 Å². The summed E-state index contributed by atoms with van der Waals surface area (Å²) < 4.78 is 0. The van der Waals surface area contributed by atoms with Crippen LogP contribution in [-0.2, 0) is 0 Å². The molecule has 19 heavy (non-hydrogen) atoms. The molecule has 3 nitrogen and oxygen atoms in total. The van der Waals surface area contributed by atoms with Gasteiger partial charge in [0.2, 0.25) is 0 Å². The van der Waals surface area contributed by atoms with Crippen molar-refractivity contribution in [2.45, 2.75) is 39.2 Å². The molecule has 1 aromatic rings. The fourth-order valence-electron chi connectivity index (χ4n) is 2.74. The van der Waals surface area contributed by atoms with Gasteiger partial charge in [-0.25, -0.2) is 0 Å². The van der Waals surface area contributed by atoms with Gasteiger partial charge in [-0.2, -0.15) is 0 Å². The first-order chi connectivity index (χ1) is 8.59. The number of rotatable bonds is 2. The van der Waals surface area contributed by atoms with Crippen LogP contribution in [0.25, 0.3) is 0 Å². The van der Waals surface area contributed by atoms with E-state index >= 15 is 0 Å². The highest BCUT2D eigenvalue weighted by Gasteiger charge is 2.29. The second-order valence-electron chi connectivity index (χ2n) is 5.43. The van der Waals surface area contributed by atoms with Crippen molar-refractivity contribution in [1.29, 1.82) is 0 Å². The first kappa shape index (κ1) is 15.8. The van der Waals surface area contributed by atoms with Crippen LogP contribution in [0.1, 0.15) is 43.5 Å². The zero-order valence-electron chi connectivity index (χ0n) is 11.6. The van der Waals surface area contributed by atoms with E-state index in [1.165, 1.54) is 6.42 Å². The summed E-state index contributed by atoms with van der Waals surface area (Å²) >= 11 is 0. The molecule has 1 atom stereocenters. The van der Waals surface area contributed by atoms with Gasteiger partial charge in [0.15, 0.2) is 0 Å². The molecule has 0 aromatic heterocycles. The molecule has 1 saturated heterocycles. The molecule has 1 heterocycles.